The summed E-state index contributed by atoms with van der Waals surface area (Å²) in [4.78, 5) is 9.59. The first-order valence-electron chi connectivity index (χ1n) is 7.53. The molecule has 2 heterocycles. The molecule has 2 N–H and O–H groups in total. The van der Waals surface area contributed by atoms with Crippen LogP contribution >= 0.6 is 0 Å². The van der Waals surface area contributed by atoms with Gasteiger partial charge in [-0.25, -0.2) is 0 Å². The summed E-state index contributed by atoms with van der Waals surface area (Å²) in [5.41, 5.74) is 6.39. The van der Waals surface area contributed by atoms with Gasteiger partial charge in [-0.1, -0.05) is 6.92 Å². The molecule has 0 unspecified atom stereocenters. The largest absolute Gasteiger partial charge is 0.370 e. The van der Waals surface area contributed by atoms with Crippen molar-refractivity contribution < 1.29 is 0 Å². The molecule has 0 bridgehead atoms. The molecule has 0 aromatic heterocycles. The lowest BCUT2D eigenvalue weighted by atomic mass is 9.86. The zero-order valence-corrected chi connectivity index (χ0v) is 11.6. The van der Waals surface area contributed by atoms with Gasteiger partial charge in [-0.05, 0) is 44.6 Å². The highest BCUT2D eigenvalue weighted by Gasteiger charge is 2.45. The van der Waals surface area contributed by atoms with E-state index in [1.165, 1.54) is 51.7 Å². The fourth-order valence-corrected chi connectivity index (χ4v) is 3.42. The van der Waals surface area contributed by atoms with E-state index in [9.17, 15) is 0 Å². The third kappa shape index (κ3) is 2.22. The standard InChI is InChI=1S/C14H26N4/c1-2-7-17-8-5-14(6-9-17)11-16-13(15)18(14)10-12-3-4-12/h12H,2-11H2,1H3,(H2,15,16). The van der Waals surface area contributed by atoms with Gasteiger partial charge in [0.15, 0.2) is 5.96 Å². The molecule has 2 fully saturated rings. The van der Waals surface area contributed by atoms with E-state index in [0.29, 0.717) is 0 Å². The van der Waals surface area contributed by atoms with E-state index in [4.69, 9.17) is 5.73 Å². The van der Waals surface area contributed by atoms with Gasteiger partial charge in [0, 0.05) is 19.6 Å². The Hall–Kier alpha value is -0.770. The molecular weight excluding hydrogens is 224 g/mol. The van der Waals surface area contributed by atoms with E-state index < -0.39 is 0 Å². The maximum atomic E-state index is 6.12. The van der Waals surface area contributed by atoms with Crippen molar-refractivity contribution in [2.75, 3.05) is 32.7 Å². The first-order chi connectivity index (χ1) is 8.73. The second-order valence-electron chi connectivity index (χ2n) is 6.29. The molecule has 1 saturated carbocycles. The smallest absolute Gasteiger partial charge is 0.191 e. The highest BCUT2D eigenvalue weighted by atomic mass is 15.4. The van der Waals surface area contributed by atoms with Crippen LogP contribution < -0.4 is 5.73 Å². The Labute approximate surface area is 110 Å². The Balaban J connectivity index is 1.63. The zero-order valence-electron chi connectivity index (χ0n) is 11.6. The van der Waals surface area contributed by atoms with Gasteiger partial charge in [0.1, 0.15) is 0 Å². The van der Waals surface area contributed by atoms with Gasteiger partial charge in [0.25, 0.3) is 0 Å². The fraction of sp³-hybridized carbons (Fsp3) is 0.929. The van der Waals surface area contributed by atoms with Crippen LogP contribution in [0.1, 0.15) is 39.0 Å². The van der Waals surface area contributed by atoms with Crippen LogP contribution in [0.15, 0.2) is 4.99 Å². The monoisotopic (exact) mass is 250 g/mol. The summed E-state index contributed by atoms with van der Waals surface area (Å²) in [5, 5.41) is 0. The minimum Gasteiger partial charge on any atom is -0.370 e. The van der Waals surface area contributed by atoms with Gasteiger partial charge in [-0.2, -0.15) is 0 Å². The van der Waals surface area contributed by atoms with E-state index in [1.54, 1.807) is 0 Å². The van der Waals surface area contributed by atoms with Gasteiger partial charge < -0.3 is 15.5 Å². The summed E-state index contributed by atoms with van der Waals surface area (Å²) in [6.07, 6.45) is 6.52. The summed E-state index contributed by atoms with van der Waals surface area (Å²) in [7, 11) is 0. The van der Waals surface area contributed by atoms with Crippen LogP contribution in [0, 0.1) is 5.92 Å². The quantitative estimate of drug-likeness (QED) is 0.817. The SMILES string of the molecule is CCCN1CCC2(CC1)CN=C(N)N2CC1CC1. The second-order valence-corrected chi connectivity index (χ2v) is 6.29. The Morgan fingerprint density at radius 3 is 2.67 bits per heavy atom. The fourth-order valence-electron chi connectivity index (χ4n) is 3.42. The Kier molecular flexibility index (Phi) is 3.22. The van der Waals surface area contributed by atoms with Crippen LogP contribution in [0.25, 0.3) is 0 Å². The molecule has 1 aliphatic carbocycles. The number of hydrogen-bond donors (Lipinski definition) is 1. The van der Waals surface area contributed by atoms with Crippen LogP contribution in [0.3, 0.4) is 0 Å². The molecule has 0 aromatic carbocycles. The van der Waals surface area contributed by atoms with Crippen molar-refractivity contribution in [3.05, 3.63) is 0 Å². The number of hydrogen-bond acceptors (Lipinski definition) is 4. The highest BCUT2D eigenvalue weighted by Crippen LogP contribution is 2.38. The molecule has 1 spiro atoms. The minimum atomic E-state index is 0.275. The molecule has 4 heteroatoms. The number of piperidine rings is 1. The summed E-state index contributed by atoms with van der Waals surface area (Å²) in [6, 6.07) is 0. The van der Waals surface area contributed by atoms with Gasteiger partial charge >= 0.3 is 0 Å². The van der Waals surface area contributed by atoms with Crippen molar-refractivity contribution in [2.45, 2.75) is 44.6 Å². The van der Waals surface area contributed by atoms with E-state index in [0.717, 1.165) is 25.0 Å². The molecule has 0 radical (unpaired) electrons. The molecule has 102 valence electrons. The third-order valence-corrected chi connectivity index (χ3v) is 4.85. The van der Waals surface area contributed by atoms with Crippen molar-refractivity contribution in [3.8, 4) is 0 Å². The van der Waals surface area contributed by atoms with Crippen LogP contribution in [0.2, 0.25) is 0 Å². The molecule has 2 aliphatic heterocycles. The van der Waals surface area contributed by atoms with Crippen molar-refractivity contribution in [2.24, 2.45) is 16.6 Å². The third-order valence-electron chi connectivity index (χ3n) is 4.85. The number of likely N-dealkylation sites (tertiary alicyclic amines) is 1. The van der Waals surface area contributed by atoms with Crippen LogP contribution in [0.5, 0.6) is 0 Å². The number of nitrogens with two attached hydrogens (primary N) is 1. The minimum absolute atomic E-state index is 0.275. The zero-order chi connectivity index (χ0) is 12.6. The number of rotatable bonds is 4. The number of aliphatic imine (C=N–C) groups is 1. The first-order valence-corrected chi connectivity index (χ1v) is 7.53. The van der Waals surface area contributed by atoms with E-state index >= 15 is 0 Å². The van der Waals surface area contributed by atoms with Gasteiger partial charge in [-0.3, -0.25) is 4.99 Å². The number of nitrogens with zero attached hydrogens (tertiary/aromatic N) is 3. The lowest BCUT2D eigenvalue weighted by Gasteiger charge is -2.45. The van der Waals surface area contributed by atoms with Crippen LogP contribution in [-0.4, -0.2) is 54.0 Å². The lowest BCUT2D eigenvalue weighted by Crippen LogP contribution is -2.57. The van der Waals surface area contributed by atoms with E-state index in [2.05, 4.69) is 21.7 Å². The molecule has 4 nitrogen and oxygen atoms in total. The highest BCUT2D eigenvalue weighted by molar-refractivity contribution is 5.81. The molecule has 0 atom stereocenters. The molecule has 0 amide bonds. The molecular formula is C14H26N4. The predicted molar refractivity (Wildman–Crippen MR) is 74.6 cm³/mol. The molecule has 0 aromatic rings. The van der Waals surface area contributed by atoms with E-state index in [1.807, 2.05) is 0 Å². The van der Waals surface area contributed by atoms with E-state index in [-0.39, 0.29) is 5.54 Å². The normalized spacial score (nSPS) is 27.8. The Morgan fingerprint density at radius 2 is 2.06 bits per heavy atom. The van der Waals surface area contributed by atoms with Gasteiger partial charge in [0.2, 0.25) is 0 Å². The number of guanidine groups is 1. The Morgan fingerprint density at radius 1 is 1.33 bits per heavy atom. The summed E-state index contributed by atoms with van der Waals surface area (Å²) in [5.74, 6) is 1.70. The summed E-state index contributed by atoms with van der Waals surface area (Å²) in [6.45, 7) is 8.04. The van der Waals surface area contributed by atoms with Gasteiger partial charge in [-0.15, -0.1) is 0 Å². The van der Waals surface area contributed by atoms with Crippen LogP contribution in [0.4, 0.5) is 0 Å². The first kappa shape index (κ1) is 12.3. The molecule has 3 rings (SSSR count). The summed E-state index contributed by atoms with van der Waals surface area (Å²) < 4.78 is 0. The average molecular weight is 250 g/mol. The van der Waals surface area contributed by atoms with Crippen molar-refractivity contribution in [1.29, 1.82) is 0 Å². The van der Waals surface area contributed by atoms with Crippen molar-refractivity contribution in [3.63, 3.8) is 0 Å². The van der Waals surface area contributed by atoms with Gasteiger partial charge in [0.05, 0.1) is 12.1 Å². The average Bonchev–Trinajstić information content (AvgIpc) is 3.15. The molecule has 3 aliphatic rings. The lowest BCUT2D eigenvalue weighted by molar-refractivity contribution is 0.0832. The molecule has 1 saturated heterocycles. The second kappa shape index (κ2) is 4.72. The summed E-state index contributed by atoms with van der Waals surface area (Å²) >= 11 is 0. The molecule has 18 heavy (non-hydrogen) atoms. The topological polar surface area (TPSA) is 44.9 Å². The van der Waals surface area contributed by atoms with Crippen LogP contribution in [-0.2, 0) is 0 Å². The van der Waals surface area contributed by atoms with Crippen molar-refractivity contribution >= 4 is 5.96 Å². The maximum absolute atomic E-state index is 6.12. The maximum Gasteiger partial charge on any atom is 0.191 e. The Bertz CT molecular complexity index is 327. The predicted octanol–water partition coefficient (Wildman–Crippen LogP) is 1.27. The van der Waals surface area contributed by atoms with Crippen molar-refractivity contribution in [1.82, 2.24) is 9.80 Å².